The summed E-state index contributed by atoms with van der Waals surface area (Å²) in [5.41, 5.74) is 2.54. The molecule has 1 N–H and O–H groups in total. The number of unbranched alkanes of at least 4 members (excludes halogenated alkanes) is 1. The number of carbonyl (C=O) groups is 3. The maximum absolute atomic E-state index is 12.1. The Labute approximate surface area is 123 Å². The van der Waals surface area contributed by atoms with Crippen LogP contribution in [-0.4, -0.2) is 29.8 Å². The predicted octanol–water partition coefficient (Wildman–Crippen LogP) is 2.42. The lowest BCUT2D eigenvalue weighted by Gasteiger charge is -2.26. The van der Waals surface area contributed by atoms with Crippen LogP contribution in [0.25, 0.3) is 0 Å². The molecule has 0 aromatic heterocycles. The summed E-state index contributed by atoms with van der Waals surface area (Å²) in [6.07, 6.45) is 2.70. The van der Waals surface area contributed by atoms with Crippen molar-refractivity contribution in [1.82, 2.24) is 0 Å². The third-order valence-corrected chi connectivity index (χ3v) is 3.79. The summed E-state index contributed by atoms with van der Waals surface area (Å²) in [5.74, 6) is -0.707. The molecule has 0 saturated carbocycles. The lowest BCUT2D eigenvalue weighted by atomic mass is 9.96. The van der Waals surface area contributed by atoms with Crippen LogP contribution in [0.3, 0.4) is 0 Å². The van der Waals surface area contributed by atoms with E-state index in [1.807, 2.05) is 12.1 Å². The van der Waals surface area contributed by atoms with E-state index in [2.05, 4.69) is 0 Å². The summed E-state index contributed by atoms with van der Waals surface area (Å²) >= 11 is 0. The average molecular weight is 289 g/mol. The number of carboxylic acids is 1. The van der Waals surface area contributed by atoms with Crippen molar-refractivity contribution in [1.29, 1.82) is 0 Å². The van der Waals surface area contributed by atoms with Crippen molar-refractivity contribution in [2.24, 2.45) is 0 Å². The Balaban J connectivity index is 2.00. The van der Waals surface area contributed by atoms with Crippen LogP contribution in [0.4, 0.5) is 5.69 Å². The van der Waals surface area contributed by atoms with Gasteiger partial charge in [-0.25, -0.2) is 0 Å². The van der Waals surface area contributed by atoms with Crippen molar-refractivity contribution in [3.05, 3.63) is 29.3 Å². The van der Waals surface area contributed by atoms with E-state index < -0.39 is 5.97 Å². The Bertz CT molecular complexity index is 580. The van der Waals surface area contributed by atoms with Gasteiger partial charge in [0, 0.05) is 37.6 Å². The molecule has 0 bridgehead atoms. The molecule has 21 heavy (non-hydrogen) atoms. The first kappa shape index (κ1) is 15.2. The van der Waals surface area contributed by atoms with Crippen molar-refractivity contribution < 1.29 is 19.5 Å². The second kappa shape index (κ2) is 6.52. The van der Waals surface area contributed by atoms with Crippen molar-refractivity contribution >= 4 is 23.3 Å². The van der Waals surface area contributed by atoms with Crippen LogP contribution in [0.5, 0.6) is 0 Å². The zero-order valence-electron chi connectivity index (χ0n) is 12.1. The molecule has 0 radical (unpaired) electrons. The molecule has 2 rings (SSSR count). The minimum absolute atomic E-state index is 0.0303. The van der Waals surface area contributed by atoms with Gasteiger partial charge < -0.3 is 10.0 Å². The first-order valence-electron chi connectivity index (χ1n) is 7.13. The van der Waals surface area contributed by atoms with Crippen LogP contribution in [0.2, 0.25) is 0 Å². The van der Waals surface area contributed by atoms with Crippen LogP contribution in [0.15, 0.2) is 18.2 Å². The van der Waals surface area contributed by atoms with Crippen molar-refractivity contribution in [2.75, 3.05) is 11.9 Å². The zero-order valence-corrected chi connectivity index (χ0v) is 12.1. The molecule has 0 fully saturated rings. The summed E-state index contributed by atoms with van der Waals surface area (Å²) < 4.78 is 0. The number of hydrogen-bond acceptors (Lipinski definition) is 3. The number of carbonyl (C=O) groups excluding carboxylic acids is 2. The highest BCUT2D eigenvalue weighted by Crippen LogP contribution is 2.28. The highest BCUT2D eigenvalue weighted by molar-refractivity contribution is 5.99. The molecule has 0 aliphatic carbocycles. The number of aryl methyl sites for hydroxylation is 1. The smallest absolute Gasteiger partial charge is 0.303 e. The molecule has 1 aliphatic rings. The number of fused-ring (bicyclic) bond motifs is 1. The fraction of sp³-hybridized carbons (Fsp3) is 0.438. The fourth-order valence-electron chi connectivity index (χ4n) is 2.54. The minimum atomic E-state index is -0.830. The summed E-state index contributed by atoms with van der Waals surface area (Å²) in [7, 11) is 1.74. The molecular formula is C16H19NO4. The van der Waals surface area contributed by atoms with Gasteiger partial charge in [-0.2, -0.15) is 0 Å². The number of ketones is 1. The third-order valence-electron chi connectivity index (χ3n) is 3.79. The normalized spacial score (nSPS) is 14.0. The summed E-state index contributed by atoms with van der Waals surface area (Å²) in [4.78, 5) is 35.7. The van der Waals surface area contributed by atoms with Crippen LogP contribution in [-0.2, 0) is 16.0 Å². The summed E-state index contributed by atoms with van der Waals surface area (Å²) in [6, 6.07) is 5.42. The number of rotatable bonds is 6. The summed E-state index contributed by atoms with van der Waals surface area (Å²) in [5, 5.41) is 8.56. The summed E-state index contributed by atoms with van der Waals surface area (Å²) in [6.45, 7) is 0. The largest absolute Gasteiger partial charge is 0.481 e. The average Bonchev–Trinajstić information content (AvgIpc) is 2.46. The highest BCUT2D eigenvalue weighted by Gasteiger charge is 2.21. The number of nitrogens with zero attached hydrogens (tertiary/aromatic N) is 1. The molecule has 1 heterocycles. The van der Waals surface area contributed by atoms with Crippen LogP contribution < -0.4 is 4.90 Å². The van der Waals surface area contributed by atoms with Gasteiger partial charge in [-0.05, 0) is 43.0 Å². The zero-order chi connectivity index (χ0) is 15.4. The molecule has 112 valence electrons. The van der Waals surface area contributed by atoms with E-state index in [4.69, 9.17) is 5.11 Å². The van der Waals surface area contributed by atoms with Gasteiger partial charge in [0.05, 0.1) is 0 Å². The van der Waals surface area contributed by atoms with Gasteiger partial charge in [0.15, 0.2) is 5.78 Å². The highest BCUT2D eigenvalue weighted by atomic mass is 16.4. The molecule has 0 atom stereocenters. The van der Waals surface area contributed by atoms with E-state index >= 15 is 0 Å². The molecule has 1 amide bonds. The van der Waals surface area contributed by atoms with Gasteiger partial charge in [0.1, 0.15) is 0 Å². The monoisotopic (exact) mass is 289 g/mol. The topological polar surface area (TPSA) is 74.7 Å². The van der Waals surface area contributed by atoms with E-state index in [1.165, 1.54) is 0 Å². The number of carboxylic acid groups (broad SMARTS) is 1. The number of amides is 1. The molecule has 5 heteroatoms. The number of hydrogen-bond donors (Lipinski definition) is 1. The number of anilines is 1. The Morgan fingerprint density at radius 2 is 1.90 bits per heavy atom. The molecule has 1 aromatic carbocycles. The van der Waals surface area contributed by atoms with E-state index in [1.54, 1.807) is 18.0 Å². The van der Waals surface area contributed by atoms with Gasteiger partial charge in [-0.3, -0.25) is 14.4 Å². The van der Waals surface area contributed by atoms with E-state index in [-0.39, 0.29) is 18.1 Å². The van der Waals surface area contributed by atoms with Crippen LogP contribution in [0.1, 0.15) is 48.0 Å². The van der Waals surface area contributed by atoms with Gasteiger partial charge in [-0.15, -0.1) is 0 Å². The maximum Gasteiger partial charge on any atom is 0.303 e. The van der Waals surface area contributed by atoms with Crippen molar-refractivity contribution in [3.8, 4) is 0 Å². The molecule has 0 saturated heterocycles. The quantitative estimate of drug-likeness (QED) is 0.644. The SMILES string of the molecule is CN1C(=O)CCc2cc(C(=O)CCCCC(=O)O)ccc21. The maximum atomic E-state index is 12.1. The van der Waals surface area contributed by atoms with Crippen LogP contribution in [0, 0.1) is 0 Å². The van der Waals surface area contributed by atoms with Crippen LogP contribution >= 0.6 is 0 Å². The van der Waals surface area contributed by atoms with Gasteiger partial charge in [-0.1, -0.05) is 0 Å². The molecule has 5 nitrogen and oxygen atoms in total. The molecule has 0 spiro atoms. The van der Waals surface area contributed by atoms with Gasteiger partial charge in [0.2, 0.25) is 5.91 Å². The van der Waals surface area contributed by atoms with E-state index in [9.17, 15) is 14.4 Å². The van der Waals surface area contributed by atoms with Crippen molar-refractivity contribution in [2.45, 2.75) is 38.5 Å². The molecule has 0 unspecified atom stereocenters. The van der Waals surface area contributed by atoms with Gasteiger partial charge >= 0.3 is 5.97 Å². The first-order valence-corrected chi connectivity index (χ1v) is 7.13. The minimum Gasteiger partial charge on any atom is -0.481 e. The second-order valence-electron chi connectivity index (χ2n) is 5.32. The first-order chi connectivity index (χ1) is 9.99. The Hall–Kier alpha value is -2.17. The Morgan fingerprint density at radius 3 is 2.62 bits per heavy atom. The molecular weight excluding hydrogens is 270 g/mol. The lowest BCUT2D eigenvalue weighted by Crippen LogP contribution is -2.31. The second-order valence-corrected chi connectivity index (χ2v) is 5.32. The number of Topliss-reactive ketones (excluding diaryl/α,β-unsaturated/α-hetero) is 1. The predicted molar refractivity (Wildman–Crippen MR) is 78.6 cm³/mol. The molecule has 1 aliphatic heterocycles. The van der Waals surface area contributed by atoms with Crippen molar-refractivity contribution in [3.63, 3.8) is 0 Å². The fourth-order valence-corrected chi connectivity index (χ4v) is 2.54. The third kappa shape index (κ3) is 3.68. The number of aliphatic carboxylic acids is 1. The van der Waals surface area contributed by atoms with Gasteiger partial charge in [0.25, 0.3) is 0 Å². The lowest BCUT2D eigenvalue weighted by molar-refractivity contribution is -0.137. The number of benzene rings is 1. The Kier molecular flexibility index (Phi) is 4.73. The standard InChI is InChI=1S/C16H19NO4/c1-17-13-8-6-12(10-11(13)7-9-15(17)19)14(18)4-2-3-5-16(20)21/h6,8,10H,2-5,7,9H2,1H3,(H,20,21). The molecule has 1 aromatic rings. The Morgan fingerprint density at radius 1 is 1.19 bits per heavy atom. The van der Waals surface area contributed by atoms with E-state index in [0.29, 0.717) is 37.7 Å². The van der Waals surface area contributed by atoms with E-state index in [0.717, 1.165) is 11.3 Å².